The largest absolute Gasteiger partial charge is 0.356 e. The van der Waals surface area contributed by atoms with Crippen molar-refractivity contribution in [3.63, 3.8) is 0 Å². The Morgan fingerprint density at radius 1 is 1.22 bits per heavy atom. The van der Waals surface area contributed by atoms with Crippen LogP contribution in [0.15, 0.2) is 0 Å². The molecule has 1 atom stereocenters. The van der Waals surface area contributed by atoms with Gasteiger partial charge in [-0.2, -0.15) is 0 Å². The summed E-state index contributed by atoms with van der Waals surface area (Å²) in [7, 11) is 0. The monoisotopic (exact) mass is 253 g/mol. The predicted octanol–water partition coefficient (Wildman–Crippen LogP) is 0.257. The van der Waals surface area contributed by atoms with Gasteiger partial charge >= 0.3 is 0 Å². The van der Waals surface area contributed by atoms with Crippen LogP contribution in [0.25, 0.3) is 0 Å². The fourth-order valence-electron chi connectivity index (χ4n) is 2.66. The molecular weight excluding hydrogens is 230 g/mol. The number of carbonyl (C=O) groups excluding carboxylic acids is 2. The Bertz CT molecular complexity index is 295. The highest BCUT2D eigenvalue weighted by Crippen LogP contribution is 2.09. The molecule has 0 aromatic heterocycles. The third-order valence-corrected chi connectivity index (χ3v) is 3.71. The first kappa shape index (κ1) is 13.3. The summed E-state index contributed by atoms with van der Waals surface area (Å²) in [6.07, 6.45) is 5.45. The summed E-state index contributed by atoms with van der Waals surface area (Å²) in [6, 6.07) is 0.333. The number of nitrogens with one attached hydrogen (secondary N) is 2. The van der Waals surface area contributed by atoms with E-state index < -0.39 is 0 Å². The normalized spacial score (nSPS) is 23.3. The van der Waals surface area contributed by atoms with Gasteiger partial charge in [-0.1, -0.05) is 0 Å². The van der Waals surface area contributed by atoms with Gasteiger partial charge in [0.2, 0.25) is 11.8 Å². The number of nitrogens with zero attached hydrogens (tertiary/aromatic N) is 1. The molecule has 5 heteroatoms. The lowest BCUT2D eigenvalue weighted by Gasteiger charge is -2.15. The van der Waals surface area contributed by atoms with E-state index in [1.807, 2.05) is 4.90 Å². The van der Waals surface area contributed by atoms with E-state index in [1.54, 1.807) is 0 Å². The Kier molecular flexibility index (Phi) is 4.99. The van der Waals surface area contributed by atoms with Crippen molar-refractivity contribution < 1.29 is 9.59 Å². The number of carbonyl (C=O) groups is 2. The summed E-state index contributed by atoms with van der Waals surface area (Å²) in [5, 5.41) is 6.13. The minimum absolute atomic E-state index is 0.0589. The highest BCUT2D eigenvalue weighted by atomic mass is 16.2. The van der Waals surface area contributed by atoms with E-state index in [-0.39, 0.29) is 11.8 Å². The molecule has 2 rings (SSSR count). The van der Waals surface area contributed by atoms with E-state index in [0.717, 1.165) is 45.3 Å². The molecule has 18 heavy (non-hydrogen) atoms. The number of amides is 2. The van der Waals surface area contributed by atoms with Gasteiger partial charge in [0.25, 0.3) is 0 Å². The highest BCUT2D eigenvalue weighted by molar-refractivity contribution is 5.79. The van der Waals surface area contributed by atoms with Crippen LogP contribution in [-0.4, -0.2) is 48.9 Å². The summed E-state index contributed by atoms with van der Waals surface area (Å²) in [4.78, 5) is 25.3. The van der Waals surface area contributed by atoms with Gasteiger partial charge in [0.15, 0.2) is 0 Å². The molecule has 1 unspecified atom stereocenters. The summed E-state index contributed by atoms with van der Waals surface area (Å²) >= 11 is 0. The van der Waals surface area contributed by atoms with E-state index in [2.05, 4.69) is 10.6 Å². The molecular formula is C13H23N3O2. The smallest absolute Gasteiger partial charge is 0.224 e. The molecule has 2 aliphatic rings. The topological polar surface area (TPSA) is 61.4 Å². The second-order valence-electron chi connectivity index (χ2n) is 5.19. The third-order valence-electron chi connectivity index (χ3n) is 3.71. The third kappa shape index (κ3) is 3.98. The van der Waals surface area contributed by atoms with Crippen molar-refractivity contribution in [2.24, 2.45) is 0 Å². The lowest BCUT2D eigenvalue weighted by molar-refractivity contribution is -0.130. The SMILES string of the molecule is O=C(CC1CCCN1)NCCC(=O)N1CCCC1. The molecule has 2 aliphatic heterocycles. The lowest BCUT2D eigenvalue weighted by atomic mass is 10.1. The molecule has 0 bridgehead atoms. The van der Waals surface area contributed by atoms with Gasteiger partial charge in [-0.15, -0.1) is 0 Å². The van der Waals surface area contributed by atoms with Gasteiger partial charge in [-0.3, -0.25) is 9.59 Å². The number of hydrogen-bond acceptors (Lipinski definition) is 3. The highest BCUT2D eigenvalue weighted by Gasteiger charge is 2.19. The van der Waals surface area contributed by atoms with Gasteiger partial charge in [0.05, 0.1) is 0 Å². The molecule has 0 spiro atoms. The van der Waals surface area contributed by atoms with E-state index in [9.17, 15) is 9.59 Å². The molecule has 2 saturated heterocycles. The number of likely N-dealkylation sites (tertiary alicyclic amines) is 1. The average molecular weight is 253 g/mol. The molecule has 0 radical (unpaired) electrons. The second kappa shape index (κ2) is 6.73. The molecule has 0 aromatic rings. The van der Waals surface area contributed by atoms with Gasteiger partial charge in [-0.05, 0) is 32.2 Å². The predicted molar refractivity (Wildman–Crippen MR) is 69.1 cm³/mol. The Hall–Kier alpha value is -1.10. The van der Waals surface area contributed by atoms with Crippen LogP contribution in [0.4, 0.5) is 0 Å². The van der Waals surface area contributed by atoms with E-state index in [4.69, 9.17) is 0 Å². The van der Waals surface area contributed by atoms with Crippen LogP contribution in [-0.2, 0) is 9.59 Å². The molecule has 0 aromatic carbocycles. The second-order valence-corrected chi connectivity index (χ2v) is 5.19. The van der Waals surface area contributed by atoms with Crippen molar-refractivity contribution in [1.82, 2.24) is 15.5 Å². The maximum Gasteiger partial charge on any atom is 0.224 e. The summed E-state index contributed by atoms with van der Waals surface area (Å²) < 4.78 is 0. The summed E-state index contributed by atoms with van der Waals surface area (Å²) in [5.74, 6) is 0.232. The minimum atomic E-state index is 0.0589. The van der Waals surface area contributed by atoms with Crippen LogP contribution >= 0.6 is 0 Å². The van der Waals surface area contributed by atoms with Gasteiger partial charge in [-0.25, -0.2) is 0 Å². The Morgan fingerprint density at radius 2 is 2.00 bits per heavy atom. The van der Waals surface area contributed by atoms with Crippen molar-refractivity contribution in [1.29, 1.82) is 0 Å². The van der Waals surface area contributed by atoms with Crippen molar-refractivity contribution in [2.75, 3.05) is 26.2 Å². The summed E-state index contributed by atoms with van der Waals surface area (Å²) in [6.45, 7) is 3.27. The molecule has 2 heterocycles. The standard InChI is InChI=1S/C13H23N3O2/c17-12(10-11-4-3-6-14-11)15-7-5-13(18)16-8-1-2-9-16/h11,14H,1-10H2,(H,15,17). The van der Waals surface area contributed by atoms with Crippen molar-refractivity contribution in [3.05, 3.63) is 0 Å². The summed E-state index contributed by atoms with van der Waals surface area (Å²) in [5.41, 5.74) is 0. The van der Waals surface area contributed by atoms with Crippen LogP contribution < -0.4 is 10.6 Å². The van der Waals surface area contributed by atoms with E-state index >= 15 is 0 Å². The van der Waals surface area contributed by atoms with E-state index in [1.165, 1.54) is 0 Å². The van der Waals surface area contributed by atoms with Crippen molar-refractivity contribution >= 4 is 11.8 Å². The Labute approximate surface area is 108 Å². The van der Waals surface area contributed by atoms with Crippen LogP contribution in [0.2, 0.25) is 0 Å². The maximum absolute atomic E-state index is 11.7. The Balaban J connectivity index is 1.56. The van der Waals surface area contributed by atoms with Crippen LogP contribution in [0.3, 0.4) is 0 Å². The molecule has 5 nitrogen and oxygen atoms in total. The first-order chi connectivity index (χ1) is 8.75. The zero-order valence-corrected chi connectivity index (χ0v) is 10.9. The van der Waals surface area contributed by atoms with Crippen molar-refractivity contribution in [3.8, 4) is 0 Å². The van der Waals surface area contributed by atoms with Crippen LogP contribution in [0.1, 0.15) is 38.5 Å². The first-order valence-electron chi connectivity index (χ1n) is 7.03. The number of rotatable bonds is 5. The van der Waals surface area contributed by atoms with Crippen LogP contribution in [0, 0.1) is 0 Å². The molecule has 2 N–H and O–H groups in total. The molecule has 2 fully saturated rings. The average Bonchev–Trinajstić information content (AvgIpc) is 3.00. The lowest BCUT2D eigenvalue weighted by Crippen LogP contribution is -2.35. The molecule has 0 aliphatic carbocycles. The fraction of sp³-hybridized carbons (Fsp3) is 0.846. The molecule has 0 saturated carbocycles. The maximum atomic E-state index is 11.7. The number of hydrogen-bond donors (Lipinski definition) is 2. The Morgan fingerprint density at radius 3 is 2.67 bits per heavy atom. The first-order valence-corrected chi connectivity index (χ1v) is 7.03. The van der Waals surface area contributed by atoms with Gasteiger partial charge in [0, 0.05) is 38.5 Å². The minimum Gasteiger partial charge on any atom is -0.356 e. The van der Waals surface area contributed by atoms with Gasteiger partial charge in [0.1, 0.15) is 0 Å². The molecule has 2 amide bonds. The van der Waals surface area contributed by atoms with Crippen molar-refractivity contribution in [2.45, 2.75) is 44.6 Å². The zero-order valence-electron chi connectivity index (χ0n) is 10.9. The van der Waals surface area contributed by atoms with E-state index in [0.29, 0.717) is 25.4 Å². The molecule has 102 valence electrons. The van der Waals surface area contributed by atoms with Gasteiger partial charge < -0.3 is 15.5 Å². The van der Waals surface area contributed by atoms with Crippen LogP contribution in [0.5, 0.6) is 0 Å². The quantitative estimate of drug-likeness (QED) is 0.738. The zero-order chi connectivity index (χ0) is 12.8. The fourth-order valence-corrected chi connectivity index (χ4v) is 2.66.